The summed E-state index contributed by atoms with van der Waals surface area (Å²) in [5, 5.41) is 4.42. The van der Waals surface area contributed by atoms with Gasteiger partial charge in [-0.25, -0.2) is 9.37 Å². The third kappa shape index (κ3) is 3.96. The number of hydrogen-bond donors (Lipinski definition) is 1. The number of nitrogens with zero attached hydrogens (tertiary/aromatic N) is 2. The molecular formula is C17H16FN3S. The second-order valence-electron chi connectivity index (χ2n) is 4.91. The van der Waals surface area contributed by atoms with Crippen molar-refractivity contribution in [1.82, 2.24) is 15.3 Å². The Bertz CT molecular complexity index is 710. The molecule has 0 unspecified atom stereocenters. The predicted molar refractivity (Wildman–Crippen MR) is 87.2 cm³/mol. The van der Waals surface area contributed by atoms with Crippen molar-refractivity contribution in [3.63, 3.8) is 0 Å². The van der Waals surface area contributed by atoms with Gasteiger partial charge >= 0.3 is 0 Å². The Hall–Kier alpha value is -2.11. The largest absolute Gasteiger partial charge is 0.310 e. The van der Waals surface area contributed by atoms with Gasteiger partial charge in [0, 0.05) is 30.7 Å². The van der Waals surface area contributed by atoms with Crippen molar-refractivity contribution in [1.29, 1.82) is 0 Å². The summed E-state index contributed by atoms with van der Waals surface area (Å²) < 4.78 is 12.8. The molecule has 0 aliphatic carbocycles. The smallest absolute Gasteiger partial charge is 0.123 e. The lowest BCUT2D eigenvalue weighted by molar-refractivity contribution is 0.626. The van der Waals surface area contributed by atoms with E-state index in [4.69, 9.17) is 0 Å². The van der Waals surface area contributed by atoms with E-state index in [-0.39, 0.29) is 5.82 Å². The average Bonchev–Trinajstić information content (AvgIpc) is 3.03. The number of thiazole rings is 1. The summed E-state index contributed by atoms with van der Waals surface area (Å²) in [5.41, 5.74) is 2.22. The van der Waals surface area contributed by atoms with Crippen LogP contribution in [0.4, 0.5) is 4.39 Å². The Morgan fingerprint density at radius 2 is 1.95 bits per heavy atom. The molecule has 1 aromatic carbocycles. The van der Waals surface area contributed by atoms with E-state index in [1.165, 1.54) is 12.1 Å². The molecule has 3 rings (SSSR count). The van der Waals surface area contributed by atoms with Crippen LogP contribution in [0.25, 0.3) is 10.4 Å². The predicted octanol–water partition coefficient (Wildman–Crippen LogP) is 3.68. The molecule has 22 heavy (non-hydrogen) atoms. The molecule has 0 saturated carbocycles. The van der Waals surface area contributed by atoms with Gasteiger partial charge < -0.3 is 5.32 Å². The van der Waals surface area contributed by atoms with Crippen molar-refractivity contribution in [3.8, 4) is 10.4 Å². The fraction of sp³-hybridized carbons (Fsp3) is 0.176. The van der Waals surface area contributed by atoms with Gasteiger partial charge in [-0.2, -0.15) is 0 Å². The Kier molecular flexibility index (Phi) is 4.88. The summed E-state index contributed by atoms with van der Waals surface area (Å²) in [6.07, 6.45) is 6.38. The van der Waals surface area contributed by atoms with E-state index in [9.17, 15) is 4.39 Å². The van der Waals surface area contributed by atoms with Crippen LogP contribution in [0.3, 0.4) is 0 Å². The van der Waals surface area contributed by atoms with Crippen molar-refractivity contribution in [3.05, 3.63) is 71.4 Å². The lowest BCUT2D eigenvalue weighted by Gasteiger charge is -2.03. The molecule has 0 amide bonds. The molecule has 5 heteroatoms. The van der Waals surface area contributed by atoms with Gasteiger partial charge in [-0.15, -0.1) is 11.3 Å². The number of pyridine rings is 1. The highest BCUT2D eigenvalue weighted by Gasteiger charge is 2.04. The molecule has 0 bridgehead atoms. The van der Waals surface area contributed by atoms with E-state index in [2.05, 4.69) is 15.3 Å². The second kappa shape index (κ2) is 7.24. The van der Waals surface area contributed by atoms with E-state index in [0.717, 1.165) is 40.5 Å². The van der Waals surface area contributed by atoms with Crippen LogP contribution >= 0.6 is 11.3 Å². The normalized spacial score (nSPS) is 10.8. The first kappa shape index (κ1) is 14.8. The lowest BCUT2D eigenvalue weighted by Crippen LogP contribution is -2.16. The van der Waals surface area contributed by atoms with Gasteiger partial charge in [0.05, 0.1) is 4.88 Å². The minimum absolute atomic E-state index is 0.192. The third-order valence-corrected chi connectivity index (χ3v) is 4.33. The monoisotopic (exact) mass is 313 g/mol. The minimum Gasteiger partial charge on any atom is -0.310 e. The Morgan fingerprint density at radius 1 is 1.09 bits per heavy atom. The van der Waals surface area contributed by atoms with E-state index >= 15 is 0 Å². The Balaban J connectivity index is 1.48. The minimum atomic E-state index is -0.192. The second-order valence-corrected chi connectivity index (χ2v) is 6.03. The number of rotatable bonds is 6. The van der Waals surface area contributed by atoms with Gasteiger partial charge in [-0.05, 0) is 36.7 Å². The first-order valence-electron chi connectivity index (χ1n) is 7.11. The molecule has 0 aliphatic rings. The van der Waals surface area contributed by atoms with Crippen LogP contribution in [0.15, 0.2) is 55.0 Å². The number of halogens is 1. The van der Waals surface area contributed by atoms with E-state index in [0.29, 0.717) is 0 Å². The maximum Gasteiger partial charge on any atom is 0.123 e. The molecule has 0 atom stereocenters. The van der Waals surface area contributed by atoms with Crippen LogP contribution in [-0.4, -0.2) is 16.5 Å². The Labute approximate surface area is 132 Å². The highest BCUT2D eigenvalue weighted by atomic mass is 32.1. The van der Waals surface area contributed by atoms with Crippen LogP contribution in [-0.2, 0) is 13.0 Å². The SMILES string of the molecule is Fc1ccc(CCNCc2ncc(-c3cccnc3)s2)cc1. The standard InChI is InChI=1S/C17H16FN3S/c18-15-5-3-13(4-6-15)7-9-20-12-17-21-11-16(22-17)14-2-1-8-19-10-14/h1-6,8,10-11,20H,7,9,12H2. The van der Waals surface area contributed by atoms with Gasteiger partial charge in [-0.3, -0.25) is 4.98 Å². The van der Waals surface area contributed by atoms with Crippen LogP contribution < -0.4 is 5.32 Å². The van der Waals surface area contributed by atoms with Crippen molar-refractivity contribution >= 4 is 11.3 Å². The highest BCUT2D eigenvalue weighted by molar-refractivity contribution is 7.15. The maximum absolute atomic E-state index is 12.8. The van der Waals surface area contributed by atoms with E-state index in [1.807, 2.05) is 36.7 Å². The first-order valence-corrected chi connectivity index (χ1v) is 7.93. The summed E-state index contributed by atoms with van der Waals surface area (Å²) in [7, 11) is 0. The quantitative estimate of drug-likeness (QED) is 0.706. The van der Waals surface area contributed by atoms with Gasteiger partial charge in [0.25, 0.3) is 0 Å². The van der Waals surface area contributed by atoms with Crippen LogP contribution in [0, 0.1) is 5.82 Å². The highest BCUT2D eigenvalue weighted by Crippen LogP contribution is 2.24. The van der Waals surface area contributed by atoms with Crippen LogP contribution in [0.2, 0.25) is 0 Å². The number of aromatic nitrogens is 2. The molecule has 0 radical (unpaired) electrons. The summed E-state index contributed by atoms with van der Waals surface area (Å²) in [6.45, 7) is 1.58. The summed E-state index contributed by atoms with van der Waals surface area (Å²) in [4.78, 5) is 9.68. The van der Waals surface area contributed by atoms with Gasteiger partial charge in [0.2, 0.25) is 0 Å². The van der Waals surface area contributed by atoms with Crippen LogP contribution in [0.5, 0.6) is 0 Å². The van der Waals surface area contributed by atoms with Crippen molar-refractivity contribution in [2.24, 2.45) is 0 Å². The third-order valence-electron chi connectivity index (χ3n) is 3.28. The van der Waals surface area contributed by atoms with Crippen molar-refractivity contribution in [2.45, 2.75) is 13.0 Å². The molecule has 1 N–H and O–H groups in total. The molecule has 2 aromatic heterocycles. The van der Waals surface area contributed by atoms with Crippen LogP contribution in [0.1, 0.15) is 10.6 Å². The molecule has 0 fully saturated rings. The molecule has 112 valence electrons. The maximum atomic E-state index is 12.8. The van der Waals surface area contributed by atoms with Gasteiger partial charge in [-0.1, -0.05) is 18.2 Å². The lowest BCUT2D eigenvalue weighted by atomic mass is 10.1. The summed E-state index contributed by atoms with van der Waals surface area (Å²) >= 11 is 1.67. The molecule has 3 nitrogen and oxygen atoms in total. The zero-order valence-electron chi connectivity index (χ0n) is 12.0. The molecule has 2 heterocycles. The fourth-order valence-electron chi connectivity index (χ4n) is 2.11. The molecule has 3 aromatic rings. The number of hydrogen-bond acceptors (Lipinski definition) is 4. The fourth-order valence-corrected chi connectivity index (χ4v) is 2.99. The molecule has 0 aliphatic heterocycles. The zero-order valence-corrected chi connectivity index (χ0v) is 12.8. The summed E-state index contributed by atoms with van der Waals surface area (Å²) in [5.74, 6) is -0.192. The van der Waals surface area contributed by atoms with Gasteiger partial charge in [0.15, 0.2) is 0 Å². The van der Waals surface area contributed by atoms with E-state index in [1.54, 1.807) is 17.5 Å². The number of benzene rings is 1. The summed E-state index contributed by atoms with van der Waals surface area (Å²) in [6, 6.07) is 10.6. The topological polar surface area (TPSA) is 37.8 Å². The first-order chi connectivity index (χ1) is 10.8. The van der Waals surface area contributed by atoms with Crippen molar-refractivity contribution in [2.75, 3.05) is 6.54 Å². The van der Waals surface area contributed by atoms with Gasteiger partial charge in [0.1, 0.15) is 10.8 Å². The average molecular weight is 313 g/mol. The van der Waals surface area contributed by atoms with E-state index < -0.39 is 0 Å². The molecule has 0 spiro atoms. The zero-order chi connectivity index (χ0) is 15.2. The molecule has 0 saturated heterocycles. The molecular weight excluding hydrogens is 297 g/mol. The Morgan fingerprint density at radius 3 is 2.73 bits per heavy atom. The van der Waals surface area contributed by atoms with Crippen molar-refractivity contribution < 1.29 is 4.39 Å². The number of nitrogens with one attached hydrogen (secondary N) is 1.